The molecule has 8 nitrogen and oxygen atoms in total. The van der Waals surface area contributed by atoms with E-state index in [9.17, 15) is 45.3 Å². The Bertz CT molecular complexity index is 744. The van der Waals surface area contributed by atoms with Gasteiger partial charge >= 0.3 is 27.5 Å². The van der Waals surface area contributed by atoms with E-state index in [2.05, 4.69) is 4.74 Å². The number of benzene rings is 1. The fraction of sp³-hybridized carbons (Fsp3) is 0.300. The van der Waals surface area contributed by atoms with Crippen molar-refractivity contribution in [2.24, 2.45) is 0 Å². The molecule has 0 aliphatic heterocycles. The molecule has 0 amide bonds. The summed E-state index contributed by atoms with van der Waals surface area (Å²) < 4.78 is 96.7. The summed E-state index contributed by atoms with van der Waals surface area (Å²) in [5.41, 5.74) is -1.34. The van der Waals surface area contributed by atoms with Crippen LogP contribution in [0.3, 0.4) is 0 Å². The van der Waals surface area contributed by atoms with E-state index in [1.165, 1.54) is 0 Å². The molecule has 1 unspecified atom stereocenters. The fourth-order valence-electron chi connectivity index (χ4n) is 1.36. The maximum atomic E-state index is 13.2. The highest BCUT2D eigenvalue weighted by atomic mass is 32.2. The standard InChI is InChI=1S/C10H6F5NO7S/c11-9(12,13)8(10(14,15)24(20,21)22)23-7(17)5-1-3-6(4-2-5)16(18)19/h1-4,8H,(H,20,21,22). The lowest BCUT2D eigenvalue weighted by molar-refractivity contribution is -0.384. The quantitative estimate of drug-likeness (QED) is 0.273. The predicted octanol–water partition coefficient (Wildman–Crippen LogP) is 2.16. The molecule has 24 heavy (non-hydrogen) atoms. The van der Waals surface area contributed by atoms with Gasteiger partial charge in [-0.2, -0.15) is 30.4 Å². The molecular weight excluding hydrogens is 373 g/mol. The van der Waals surface area contributed by atoms with Gasteiger partial charge in [0.1, 0.15) is 0 Å². The number of ether oxygens (including phenoxy) is 1. The Morgan fingerprint density at radius 1 is 1.17 bits per heavy atom. The average molecular weight is 379 g/mol. The van der Waals surface area contributed by atoms with Crippen molar-refractivity contribution in [1.29, 1.82) is 0 Å². The Balaban J connectivity index is 3.16. The average Bonchev–Trinajstić information content (AvgIpc) is 2.41. The largest absolute Gasteiger partial charge is 0.441 e. The number of hydrogen-bond acceptors (Lipinski definition) is 6. The second-order valence-electron chi connectivity index (χ2n) is 4.17. The van der Waals surface area contributed by atoms with E-state index >= 15 is 0 Å². The maximum absolute atomic E-state index is 13.2. The summed E-state index contributed by atoms with van der Waals surface area (Å²) in [6.07, 6.45) is -10.5. The molecule has 1 rings (SSSR count). The summed E-state index contributed by atoms with van der Waals surface area (Å²) in [6.45, 7) is 0. The van der Waals surface area contributed by atoms with Gasteiger partial charge in [0.15, 0.2) is 0 Å². The van der Waals surface area contributed by atoms with Crippen LogP contribution in [0.2, 0.25) is 0 Å². The minimum Gasteiger partial charge on any atom is -0.441 e. The van der Waals surface area contributed by atoms with E-state index in [0.717, 1.165) is 0 Å². The van der Waals surface area contributed by atoms with E-state index in [0.29, 0.717) is 24.3 Å². The van der Waals surface area contributed by atoms with Gasteiger partial charge in [-0.3, -0.25) is 14.7 Å². The van der Waals surface area contributed by atoms with Gasteiger partial charge in [-0.1, -0.05) is 0 Å². The van der Waals surface area contributed by atoms with Crippen LogP contribution >= 0.6 is 0 Å². The van der Waals surface area contributed by atoms with Gasteiger partial charge in [-0.05, 0) is 12.1 Å². The number of nitrogens with zero attached hydrogens (tertiary/aromatic N) is 1. The van der Waals surface area contributed by atoms with Crippen LogP contribution in [-0.4, -0.2) is 41.4 Å². The zero-order valence-electron chi connectivity index (χ0n) is 11.0. The molecule has 14 heteroatoms. The second-order valence-corrected chi connectivity index (χ2v) is 5.66. The zero-order chi connectivity index (χ0) is 18.9. The van der Waals surface area contributed by atoms with Crippen molar-refractivity contribution in [2.45, 2.75) is 17.5 Å². The SMILES string of the molecule is O=C(OC(C(F)(F)F)C(F)(F)S(=O)(=O)O)c1ccc([N+](=O)[O-])cc1. The Morgan fingerprint density at radius 3 is 1.96 bits per heavy atom. The van der Waals surface area contributed by atoms with Crippen LogP contribution in [0.5, 0.6) is 0 Å². The van der Waals surface area contributed by atoms with E-state index in [-0.39, 0.29) is 0 Å². The predicted molar refractivity (Wildman–Crippen MR) is 64.9 cm³/mol. The normalized spacial score (nSPS) is 14.1. The first kappa shape index (κ1) is 19.7. The number of hydrogen-bond donors (Lipinski definition) is 1. The molecule has 1 aromatic rings. The molecule has 1 N–H and O–H groups in total. The number of halogens is 5. The van der Waals surface area contributed by atoms with Crippen LogP contribution in [0.1, 0.15) is 10.4 Å². The van der Waals surface area contributed by atoms with E-state index in [1.54, 1.807) is 0 Å². The van der Waals surface area contributed by atoms with E-state index in [4.69, 9.17) is 4.55 Å². The topological polar surface area (TPSA) is 124 Å². The van der Waals surface area contributed by atoms with Gasteiger partial charge in [0.25, 0.3) is 11.8 Å². The summed E-state index contributed by atoms with van der Waals surface area (Å²) in [5, 5.41) is 4.52. The van der Waals surface area contributed by atoms with Gasteiger partial charge in [0.05, 0.1) is 10.5 Å². The maximum Gasteiger partial charge on any atom is 0.432 e. The molecule has 0 heterocycles. The number of non-ortho nitro benzene ring substituents is 1. The van der Waals surface area contributed by atoms with Crippen molar-refractivity contribution >= 4 is 21.8 Å². The first-order valence-corrected chi connectivity index (χ1v) is 6.99. The van der Waals surface area contributed by atoms with Crippen molar-refractivity contribution < 1.29 is 49.4 Å². The highest BCUT2D eigenvalue weighted by Gasteiger charge is 2.66. The molecule has 0 aliphatic carbocycles. The number of nitro groups is 1. The molecule has 0 aliphatic rings. The minimum absolute atomic E-state index is 0.554. The van der Waals surface area contributed by atoms with E-state index < -0.39 is 49.8 Å². The van der Waals surface area contributed by atoms with Crippen LogP contribution in [0.25, 0.3) is 0 Å². The van der Waals surface area contributed by atoms with Gasteiger partial charge in [-0.15, -0.1) is 0 Å². The van der Waals surface area contributed by atoms with Crippen LogP contribution in [0, 0.1) is 10.1 Å². The highest BCUT2D eigenvalue weighted by Crippen LogP contribution is 2.38. The lowest BCUT2D eigenvalue weighted by Crippen LogP contribution is -2.52. The lowest BCUT2D eigenvalue weighted by atomic mass is 10.2. The number of esters is 1. The fourth-order valence-corrected chi connectivity index (χ4v) is 1.81. The molecule has 134 valence electrons. The first-order chi connectivity index (χ1) is 10.7. The third kappa shape index (κ3) is 4.14. The molecule has 0 fully saturated rings. The molecule has 0 saturated carbocycles. The van der Waals surface area contributed by atoms with Crippen LogP contribution in [0.15, 0.2) is 24.3 Å². The number of nitro benzene ring substituents is 1. The van der Waals surface area contributed by atoms with Gasteiger partial charge in [-0.25, -0.2) is 4.79 Å². The Morgan fingerprint density at radius 2 is 1.62 bits per heavy atom. The summed E-state index contributed by atoms with van der Waals surface area (Å²) in [7, 11) is -6.55. The molecule has 0 spiro atoms. The van der Waals surface area contributed by atoms with Crippen molar-refractivity contribution in [3.8, 4) is 0 Å². The zero-order valence-corrected chi connectivity index (χ0v) is 11.8. The monoisotopic (exact) mass is 379 g/mol. The minimum atomic E-state index is -6.55. The van der Waals surface area contributed by atoms with Crippen LogP contribution in [0.4, 0.5) is 27.6 Å². The molecule has 1 aromatic carbocycles. The molecule has 0 bridgehead atoms. The second kappa shape index (κ2) is 6.27. The molecule has 0 aromatic heterocycles. The van der Waals surface area contributed by atoms with Gasteiger partial charge in [0.2, 0.25) is 0 Å². The first-order valence-electron chi connectivity index (χ1n) is 5.55. The molecule has 0 radical (unpaired) electrons. The Hall–Kier alpha value is -2.35. The number of alkyl halides is 5. The smallest absolute Gasteiger partial charge is 0.432 e. The van der Waals surface area contributed by atoms with Crippen LogP contribution in [-0.2, 0) is 14.9 Å². The van der Waals surface area contributed by atoms with Gasteiger partial charge in [0, 0.05) is 12.1 Å². The van der Waals surface area contributed by atoms with Gasteiger partial charge < -0.3 is 4.74 Å². The van der Waals surface area contributed by atoms with Crippen molar-refractivity contribution in [3.05, 3.63) is 39.9 Å². The number of rotatable bonds is 5. The highest BCUT2D eigenvalue weighted by molar-refractivity contribution is 7.86. The Kier molecular flexibility index (Phi) is 5.15. The Labute approximate surface area is 129 Å². The molecule has 1 atom stereocenters. The summed E-state index contributed by atoms with van der Waals surface area (Å²) >= 11 is 0. The summed E-state index contributed by atoms with van der Waals surface area (Å²) in [5.74, 6) is -2.03. The van der Waals surface area contributed by atoms with Crippen molar-refractivity contribution in [3.63, 3.8) is 0 Å². The molecular formula is C10H6F5NO7S. The van der Waals surface area contributed by atoms with E-state index in [1.807, 2.05) is 0 Å². The lowest BCUT2D eigenvalue weighted by Gasteiger charge is -2.26. The summed E-state index contributed by atoms with van der Waals surface area (Å²) in [6, 6.07) is 2.58. The summed E-state index contributed by atoms with van der Waals surface area (Å²) in [4.78, 5) is 20.9. The third-order valence-electron chi connectivity index (χ3n) is 2.49. The molecule has 0 saturated heterocycles. The third-order valence-corrected chi connectivity index (χ3v) is 3.39. The number of carbonyl (C=O) groups is 1. The van der Waals surface area contributed by atoms with Crippen molar-refractivity contribution in [1.82, 2.24) is 0 Å². The van der Waals surface area contributed by atoms with Crippen LogP contribution < -0.4 is 0 Å². The van der Waals surface area contributed by atoms with Crippen molar-refractivity contribution in [2.75, 3.05) is 0 Å². The number of carbonyl (C=O) groups excluding carboxylic acids is 1.